The largest absolute Gasteiger partial charge is 0.449 e. The number of esters is 1. The molecular formula is C13H16F4O2. The number of carbonyl (C=O) groups is 1. The van der Waals surface area contributed by atoms with E-state index >= 15 is 0 Å². The van der Waals surface area contributed by atoms with Crippen molar-refractivity contribution in [3.05, 3.63) is 0 Å². The molecule has 19 heavy (non-hydrogen) atoms. The number of halogens is 4. The van der Waals surface area contributed by atoms with Crippen molar-refractivity contribution in [1.82, 2.24) is 0 Å². The third kappa shape index (κ3) is 1.94. The molecule has 2 nitrogen and oxygen atoms in total. The third-order valence-corrected chi connectivity index (χ3v) is 5.15. The summed E-state index contributed by atoms with van der Waals surface area (Å²) in [4.78, 5) is 12.1. The van der Waals surface area contributed by atoms with Crippen LogP contribution in [0.2, 0.25) is 0 Å². The maximum Gasteiger partial charge on any atom is 0.428 e. The minimum Gasteiger partial charge on any atom is -0.449 e. The molecule has 6 heteroatoms. The molecule has 4 aliphatic rings. The first kappa shape index (κ1) is 13.2. The lowest BCUT2D eigenvalue weighted by Gasteiger charge is -2.32. The Hall–Kier alpha value is -0.810. The van der Waals surface area contributed by atoms with E-state index in [2.05, 4.69) is 4.74 Å². The van der Waals surface area contributed by atoms with Gasteiger partial charge in [0.1, 0.15) is 6.67 Å². The molecule has 0 radical (unpaired) electrons. The van der Waals surface area contributed by atoms with Crippen LogP contribution in [0.1, 0.15) is 32.1 Å². The standard InChI is InChI=1S/C13H16F4O2/c14-6-10(13(15,16)17)19-11(18)12-4-7-1-8(5-12)3-9(12)2-7/h7-10H,1-6H2. The maximum absolute atomic E-state index is 12.5. The van der Waals surface area contributed by atoms with E-state index in [1.54, 1.807) is 0 Å². The number of carbonyl (C=O) groups excluding carboxylic acids is 1. The molecule has 4 aliphatic carbocycles. The van der Waals surface area contributed by atoms with Crippen molar-refractivity contribution in [2.24, 2.45) is 23.2 Å². The fourth-order valence-corrected chi connectivity index (χ4v) is 4.56. The first-order valence-electron chi connectivity index (χ1n) is 6.69. The van der Waals surface area contributed by atoms with Crippen LogP contribution < -0.4 is 0 Å². The number of hydrogen-bond donors (Lipinski definition) is 0. The van der Waals surface area contributed by atoms with Gasteiger partial charge in [-0.25, -0.2) is 4.39 Å². The van der Waals surface area contributed by atoms with Gasteiger partial charge in [0.05, 0.1) is 5.41 Å². The summed E-state index contributed by atoms with van der Waals surface area (Å²) in [5.74, 6) is 0.221. The lowest BCUT2D eigenvalue weighted by molar-refractivity contribution is -0.230. The van der Waals surface area contributed by atoms with Gasteiger partial charge in [0, 0.05) is 0 Å². The Morgan fingerprint density at radius 3 is 2.26 bits per heavy atom. The van der Waals surface area contributed by atoms with Gasteiger partial charge < -0.3 is 4.74 Å². The molecule has 0 amide bonds. The highest BCUT2D eigenvalue weighted by molar-refractivity contribution is 5.79. The van der Waals surface area contributed by atoms with Gasteiger partial charge >= 0.3 is 12.1 Å². The summed E-state index contributed by atoms with van der Waals surface area (Å²) in [7, 11) is 0. The molecule has 3 atom stereocenters. The monoisotopic (exact) mass is 280 g/mol. The minimum atomic E-state index is -4.82. The molecule has 0 aromatic rings. The summed E-state index contributed by atoms with van der Waals surface area (Å²) in [6.45, 7) is -1.71. The highest BCUT2D eigenvalue weighted by atomic mass is 19.4. The Morgan fingerprint density at radius 2 is 1.79 bits per heavy atom. The van der Waals surface area contributed by atoms with Gasteiger partial charge in [0.25, 0.3) is 0 Å². The first-order valence-corrected chi connectivity index (χ1v) is 6.69. The zero-order valence-corrected chi connectivity index (χ0v) is 10.4. The molecule has 3 unspecified atom stereocenters. The SMILES string of the molecule is O=C(OC(CF)C(F)(F)F)C12CC3CC(CC1C3)C2. The Kier molecular flexibility index (Phi) is 2.84. The minimum absolute atomic E-state index is 0.150. The van der Waals surface area contributed by atoms with Crippen molar-refractivity contribution in [3.63, 3.8) is 0 Å². The Morgan fingerprint density at radius 1 is 1.21 bits per heavy atom. The van der Waals surface area contributed by atoms with Crippen LogP contribution in [0.15, 0.2) is 0 Å². The molecule has 0 heterocycles. The summed E-state index contributed by atoms with van der Waals surface area (Å²) in [5.41, 5.74) is -0.744. The summed E-state index contributed by atoms with van der Waals surface area (Å²) >= 11 is 0. The second kappa shape index (κ2) is 4.09. The van der Waals surface area contributed by atoms with Crippen LogP contribution in [-0.4, -0.2) is 24.9 Å². The van der Waals surface area contributed by atoms with Crippen molar-refractivity contribution in [3.8, 4) is 0 Å². The summed E-state index contributed by atoms with van der Waals surface area (Å²) in [5, 5.41) is 0. The van der Waals surface area contributed by atoms with Crippen LogP contribution in [-0.2, 0) is 9.53 Å². The Bertz CT molecular complexity index is 379. The van der Waals surface area contributed by atoms with E-state index in [0.29, 0.717) is 24.7 Å². The number of ether oxygens (including phenoxy) is 1. The molecule has 0 aromatic heterocycles. The smallest absolute Gasteiger partial charge is 0.428 e. The summed E-state index contributed by atoms with van der Waals surface area (Å²) in [6.07, 6.45) is -3.26. The van der Waals surface area contributed by atoms with Crippen molar-refractivity contribution >= 4 is 5.97 Å². The Balaban J connectivity index is 1.75. The summed E-state index contributed by atoms with van der Waals surface area (Å²) < 4.78 is 54.3. The molecule has 4 fully saturated rings. The molecule has 108 valence electrons. The van der Waals surface area contributed by atoms with Gasteiger partial charge in [-0.3, -0.25) is 4.79 Å². The van der Waals surface area contributed by atoms with Crippen LogP contribution in [0, 0.1) is 23.2 Å². The van der Waals surface area contributed by atoms with E-state index in [1.807, 2.05) is 0 Å². The average molecular weight is 280 g/mol. The highest BCUT2D eigenvalue weighted by Crippen LogP contribution is 2.65. The number of alkyl halides is 4. The lowest BCUT2D eigenvalue weighted by Crippen LogP contribution is -2.42. The van der Waals surface area contributed by atoms with E-state index in [0.717, 1.165) is 19.3 Å². The van der Waals surface area contributed by atoms with Crippen molar-refractivity contribution < 1.29 is 27.1 Å². The molecule has 0 aromatic carbocycles. The molecule has 4 bridgehead atoms. The topological polar surface area (TPSA) is 26.3 Å². The van der Waals surface area contributed by atoms with Gasteiger partial charge in [-0.2, -0.15) is 13.2 Å². The van der Waals surface area contributed by atoms with Crippen molar-refractivity contribution in [2.75, 3.05) is 6.67 Å². The highest BCUT2D eigenvalue weighted by Gasteiger charge is 2.63. The molecule has 4 saturated carbocycles. The van der Waals surface area contributed by atoms with Crippen LogP contribution in [0.3, 0.4) is 0 Å². The maximum atomic E-state index is 12.5. The number of hydrogen-bond acceptors (Lipinski definition) is 2. The van der Waals surface area contributed by atoms with Crippen LogP contribution in [0.5, 0.6) is 0 Å². The second-order valence-corrected chi connectivity index (χ2v) is 6.29. The fraction of sp³-hybridized carbons (Fsp3) is 0.923. The van der Waals surface area contributed by atoms with Crippen molar-refractivity contribution in [2.45, 2.75) is 44.4 Å². The predicted molar refractivity (Wildman–Crippen MR) is 57.9 cm³/mol. The second-order valence-electron chi connectivity index (χ2n) is 6.29. The molecule has 4 rings (SSSR count). The lowest BCUT2D eigenvalue weighted by atomic mass is 9.75. The zero-order valence-electron chi connectivity index (χ0n) is 10.4. The van der Waals surface area contributed by atoms with E-state index < -0.39 is 30.3 Å². The van der Waals surface area contributed by atoms with Crippen molar-refractivity contribution in [1.29, 1.82) is 0 Å². The van der Waals surface area contributed by atoms with Gasteiger partial charge in [0.15, 0.2) is 0 Å². The van der Waals surface area contributed by atoms with Crippen LogP contribution >= 0.6 is 0 Å². The van der Waals surface area contributed by atoms with Gasteiger partial charge in [0.2, 0.25) is 6.10 Å². The molecule has 0 saturated heterocycles. The summed E-state index contributed by atoms with van der Waals surface area (Å²) in [6, 6.07) is 0. The average Bonchev–Trinajstić information content (AvgIpc) is 2.70. The predicted octanol–water partition coefficient (Wildman–Crippen LogP) is 3.26. The van der Waals surface area contributed by atoms with E-state index in [-0.39, 0.29) is 5.92 Å². The van der Waals surface area contributed by atoms with E-state index in [4.69, 9.17) is 0 Å². The van der Waals surface area contributed by atoms with Gasteiger partial charge in [-0.15, -0.1) is 0 Å². The first-order chi connectivity index (χ1) is 8.85. The van der Waals surface area contributed by atoms with E-state index in [9.17, 15) is 22.4 Å². The van der Waals surface area contributed by atoms with Gasteiger partial charge in [-0.1, -0.05) is 0 Å². The fourth-order valence-electron chi connectivity index (χ4n) is 4.56. The quantitative estimate of drug-likeness (QED) is 0.586. The number of rotatable bonds is 3. The molecule has 0 aliphatic heterocycles. The molecule has 0 spiro atoms. The van der Waals surface area contributed by atoms with Crippen LogP contribution in [0.25, 0.3) is 0 Å². The van der Waals surface area contributed by atoms with Gasteiger partial charge in [-0.05, 0) is 49.9 Å². The molecule has 0 N–H and O–H groups in total. The normalized spacial score (nSPS) is 41.6. The zero-order chi connectivity index (χ0) is 13.8. The third-order valence-electron chi connectivity index (χ3n) is 5.15. The van der Waals surface area contributed by atoms with Crippen LogP contribution in [0.4, 0.5) is 17.6 Å². The Labute approximate surface area is 108 Å². The van der Waals surface area contributed by atoms with E-state index in [1.165, 1.54) is 0 Å². The molecular weight excluding hydrogens is 264 g/mol.